The van der Waals surface area contributed by atoms with Gasteiger partial charge in [0.2, 0.25) is 0 Å². The SMILES string of the molecule is Cc1ccc(N)c(S(=O)(=O)Cc2ncccn2)c1. The van der Waals surface area contributed by atoms with Gasteiger partial charge in [-0.25, -0.2) is 18.4 Å². The van der Waals surface area contributed by atoms with Gasteiger partial charge < -0.3 is 5.73 Å². The van der Waals surface area contributed by atoms with Crippen LogP contribution in [0.25, 0.3) is 0 Å². The van der Waals surface area contributed by atoms with Crippen molar-refractivity contribution < 1.29 is 8.42 Å². The van der Waals surface area contributed by atoms with Crippen LogP contribution in [0.1, 0.15) is 11.4 Å². The highest BCUT2D eigenvalue weighted by Gasteiger charge is 2.19. The molecule has 0 amide bonds. The smallest absolute Gasteiger partial charge is 0.187 e. The summed E-state index contributed by atoms with van der Waals surface area (Å²) in [4.78, 5) is 7.96. The van der Waals surface area contributed by atoms with E-state index in [9.17, 15) is 8.42 Å². The Bertz CT molecular complexity index is 654. The number of nitrogens with zero attached hydrogens (tertiary/aromatic N) is 2. The van der Waals surface area contributed by atoms with Crippen molar-refractivity contribution in [2.24, 2.45) is 0 Å². The monoisotopic (exact) mass is 263 g/mol. The zero-order chi connectivity index (χ0) is 13.2. The van der Waals surface area contributed by atoms with Gasteiger partial charge in [-0.1, -0.05) is 6.07 Å². The van der Waals surface area contributed by atoms with Gasteiger partial charge in [0.05, 0.1) is 10.6 Å². The number of hydrogen-bond acceptors (Lipinski definition) is 5. The van der Waals surface area contributed by atoms with Crippen molar-refractivity contribution in [1.82, 2.24) is 9.97 Å². The number of aryl methyl sites for hydroxylation is 1. The van der Waals surface area contributed by atoms with Crippen molar-refractivity contribution in [1.29, 1.82) is 0 Å². The molecule has 94 valence electrons. The van der Waals surface area contributed by atoms with Gasteiger partial charge in [-0.05, 0) is 30.7 Å². The average Bonchev–Trinajstić information content (AvgIpc) is 2.33. The predicted molar refractivity (Wildman–Crippen MR) is 68.5 cm³/mol. The lowest BCUT2D eigenvalue weighted by molar-refractivity contribution is 0.594. The second-order valence-corrected chi connectivity index (χ2v) is 5.92. The maximum Gasteiger partial charge on any atom is 0.187 e. The number of benzene rings is 1. The minimum atomic E-state index is -3.52. The molecule has 0 fully saturated rings. The summed E-state index contributed by atoms with van der Waals surface area (Å²) in [6, 6.07) is 6.56. The number of sulfone groups is 1. The van der Waals surface area contributed by atoms with Crippen LogP contribution in [0.3, 0.4) is 0 Å². The van der Waals surface area contributed by atoms with Crippen molar-refractivity contribution in [2.45, 2.75) is 17.6 Å². The van der Waals surface area contributed by atoms with E-state index in [2.05, 4.69) is 9.97 Å². The first-order chi connectivity index (χ1) is 8.49. The minimum absolute atomic E-state index is 0.134. The van der Waals surface area contributed by atoms with E-state index in [4.69, 9.17) is 5.73 Å². The molecule has 0 unspecified atom stereocenters. The molecule has 2 rings (SSSR count). The number of rotatable bonds is 3. The van der Waals surface area contributed by atoms with E-state index in [0.717, 1.165) is 5.56 Å². The van der Waals surface area contributed by atoms with E-state index in [1.165, 1.54) is 12.4 Å². The van der Waals surface area contributed by atoms with Crippen LogP contribution in [0.5, 0.6) is 0 Å². The molecule has 2 aromatic rings. The van der Waals surface area contributed by atoms with E-state index in [-0.39, 0.29) is 22.2 Å². The summed E-state index contributed by atoms with van der Waals surface area (Å²) in [6.45, 7) is 1.82. The Morgan fingerprint density at radius 1 is 1.22 bits per heavy atom. The molecule has 0 atom stereocenters. The maximum atomic E-state index is 12.2. The molecule has 1 aromatic heterocycles. The zero-order valence-corrected chi connectivity index (χ0v) is 10.7. The summed E-state index contributed by atoms with van der Waals surface area (Å²) in [5.41, 5.74) is 6.80. The fourth-order valence-corrected chi connectivity index (χ4v) is 3.00. The maximum absolute atomic E-state index is 12.2. The fraction of sp³-hybridized carbons (Fsp3) is 0.167. The number of hydrogen-bond donors (Lipinski definition) is 1. The Balaban J connectivity index is 2.40. The van der Waals surface area contributed by atoms with Crippen molar-refractivity contribution in [2.75, 3.05) is 5.73 Å². The molecule has 1 heterocycles. The van der Waals surface area contributed by atoms with Crippen LogP contribution in [0.4, 0.5) is 5.69 Å². The minimum Gasteiger partial charge on any atom is -0.398 e. The molecule has 0 spiro atoms. The molecule has 2 N–H and O–H groups in total. The molecule has 0 bridgehead atoms. The zero-order valence-electron chi connectivity index (χ0n) is 9.87. The van der Waals surface area contributed by atoms with Gasteiger partial charge in [-0.15, -0.1) is 0 Å². The van der Waals surface area contributed by atoms with Gasteiger partial charge >= 0.3 is 0 Å². The molecule has 6 heteroatoms. The van der Waals surface area contributed by atoms with Gasteiger partial charge in [0.1, 0.15) is 11.6 Å². The summed E-state index contributed by atoms with van der Waals surface area (Å²) in [5.74, 6) is 0.0139. The second kappa shape index (κ2) is 4.73. The number of aromatic nitrogens is 2. The average molecular weight is 263 g/mol. The van der Waals surface area contributed by atoms with Crippen LogP contribution in [0, 0.1) is 6.92 Å². The fourth-order valence-electron chi connectivity index (χ4n) is 1.56. The lowest BCUT2D eigenvalue weighted by atomic mass is 10.2. The largest absolute Gasteiger partial charge is 0.398 e. The molecule has 0 aliphatic heterocycles. The quantitative estimate of drug-likeness (QED) is 0.844. The standard InChI is InChI=1S/C12H13N3O2S/c1-9-3-4-10(13)11(7-9)18(16,17)8-12-14-5-2-6-15-12/h2-7H,8,13H2,1H3. The summed E-state index contributed by atoms with van der Waals surface area (Å²) in [5, 5.41) is 0. The van der Waals surface area contributed by atoms with Crippen LogP contribution in [-0.2, 0) is 15.6 Å². The highest BCUT2D eigenvalue weighted by molar-refractivity contribution is 7.90. The molecule has 18 heavy (non-hydrogen) atoms. The summed E-state index contributed by atoms with van der Waals surface area (Å²) >= 11 is 0. The van der Waals surface area contributed by atoms with Gasteiger partial charge in [-0.3, -0.25) is 0 Å². The highest BCUT2D eigenvalue weighted by Crippen LogP contribution is 2.22. The second-order valence-electron chi connectivity index (χ2n) is 3.97. The molecule has 5 nitrogen and oxygen atoms in total. The predicted octanol–water partition coefficient (Wildman–Crippen LogP) is 1.34. The van der Waals surface area contributed by atoms with Crippen molar-refractivity contribution >= 4 is 15.5 Å². The Morgan fingerprint density at radius 2 is 1.89 bits per heavy atom. The Labute approximate surface area is 106 Å². The van der Waals surface area contributed by atoms with E-state index in [1.807, 2.05) is 6.92 Å². The van der Waals surface area contributed by atoms with Gasteiger partial charge in [0, 0.05) is 12.4 Å². The van der Waals surface area contributed by atoms with Crippen LogP contribution in [0.2, 0.25) is 0 Å². The highest BCUT2D eigenvalue weighted by atomic mass is 32.2. The van der Waals surface area contributed by atoms with Crippen LogP contribution >= 0.6 is 0 Å². The lowest BCUT2D eigenvalue weighted by Gasteiger charge is -2.07. The van der Waals surface area contributed by atoms with E-state index in [0.29, 0.717) is 0 Å². The van der Waals surface area contributed by atoms with Crippen LogP contribution < -0.4 is 5.73 Å². The molecule has 1 aromatic carbocycles. The summed E-state index contributed by atoms with van der Waals surface area (Å²) < 4.78 is 24.4. The first kappa shape index (κ1) is 12.5. The number of anilines is 1. The molecule has 0 aliphatic rings. The third kappa shape index (κ3) is 2.65. The topological polar surface area (TPSA) is 85.9 Å². The molecular weight excluding hydrogens is 250 g/mol. The first-order valence-electron chi connectivity index (χ1n) is 5.34. The van der Waals surface area contributed by atoms with Gasteiger partial charge in [0.15, 0.2) is 9.84 Å². The van der Waals surface area contributed by atoms with E-state index >= 15 is 0 Å². The van der Waals surface area contributed by atoms with E-state index in [1.54, 1.807) is 24.3 Å². The van der Waals surface area contributed by atoms with E-state index < -0.39 is 9.84 Å². The molecule has 0 aliphatic carbocycles. The number of nitrogen functional groups attached to an aromatic ring is 1. The molecule has 0 saturated carbocycles. The van der Waals surface area contributed by atoms with Crippen molar-refractivity contribution in [3.05, 3.63) is 48.0 Å². The van der Waals surface area contributed by atoms with Gasteiger partial charge in [0.25, 0.3) is 0 Å². The molecule has 0 radical (unpaired) electrons. The Hall–Kier alpha value is -1.95. The first-order valence-corrected chi connectivity index (χ1v) is 6.99. The Morgan fingerprint density at radius 3 is 2.56 bits per heavy atom. The van der Waals surface area contributed by atoms with Crippen molar-refractivity contribution in [3.63, 3.8) is 0 Å². The normalized spacial score (nSPS) is 11.4. The van der Waals surface area contributed by atoms with Gasteiger partial charge in [-0.2, -0.15) is 0 Å². The van der Waals surface area contributed by atoms with Crippen molar-refractivity contribution in [3.8, 4) is 0 Å². The third-order valence-corrected chi connectivity index (χ3v) is 4.10. The third-order valence-electron chi connectivity index (χ3n) is 2.44. The summed E-state index contributed by atoms with van der Waals surface area (Å²) in [7, 11) is -3.52. The number of nitrogens with two attached hydrogens (primary N) is 1. The Kier molecular flexibility index (Phi) is 3.29. The summed E-state index contributed by atoms with van der Waals surface area (Å²) in [6.07, 6.45) is 3.02. The van der Waals surface area contributed by atoms with Crippen LogP contribution in [-0.4, -0.2) is 18.4 Å². The lowest BCUT2D eigenvalue weighted by Crippen LogP contribution is -2.10. The molecular formula is C12H13N3O2S. The van der Waals surface area contributed by atoms with Crippen LogP contribution in [0.15, 0.2) is 41.6 Å². The molecule has 0 saturated heterocycles.